The smallest absolute Gasteiger partial charge is 0.259 e. The van der Waals surface area contributed by atoms with Crippen LogP contribution in [0.4, 0.5) is 0 Å². The third-order valence-electron chi connectivity index (χ3n) is 6.32. The summed E-state index contributed by atoms with van der Waals surface area (Å²) in [5.74, 6) is 0.437. The number of aromatic amines is 2. The van der Waals surface area contributed by atoms with Crippen molar-refractivity contribution in [3.05, 3.63) is 39.8 Å². The molecule has 1 atom stereocenters. The van der Waals surface area contributed by atoms with E-state index in [1.165, 1.54) is 6.20 Å². The van der Waals surface area contributed by atoms with Crippen molar-refractivity contribution in [2.45, 2.75) is 19.4 Å². The zero-order valence-corrected chi connectivity index (χ0v) is 17.5. The summed E-state index contributed by atoms with van der Waals surface area (Å²) in [7, 11) is -2.92. The molecule has 4 heterocycles. The molecule has 0 aliphatic carbocycles. The number of sulfone groups is 1. The molecule has 1 amide bonds. The van der Waals surface area contributed by atoms with E-state index in [-0.39, 0.29) is 29.0 Å². The highest BCUT2D eigenvalue weighted by atomic mass is 32.2. The van der Waals surface area contributed by atoms with Gasteiger partial charge in [0.25, 0.3) is 11.5 Å². The van der Waals surface area contributed by atoms with Gasteiger partial charge in [0, 0.05) is 43.2 Å². The number of aromatic nitrogens is 3. The van der Waals surface area contributed by atoms with Crippen LogP contribution in [0.1, 0.15) is 22.3 Å². The Kier molecular flexibility index (Phi) is 4.44. The van der Waals surface area contributed by atoms with Gasteiger partial charge in [0.15, 0.2) is 9.84 Å². The summed E-state index contributed by atoms with van der Waals surface area (Å²) in [4.78, 5) is 32.3. The summed E-state index contributed by atoms with van der Waals surface area (Å²) in [5.41, 5.74) is 2.47. The molecular formula is C20H23N5O4S. The first-order chi connectivity index (χ1) is 14.3. The Labute approximate surface area is 173 Å². The van der Waals surface area contributed by atoms with Crippen molar-refractivity contribution >= 4 is 37.6 Å². The molecule has 2 aromatic heterocycles. The lowest BCUT2D eigenvalue weighted by atomic mass is 10.0. The maximum Gasteiger partial charge on any atom is 0.259 e. The fraction of sp³-hybridized carbons (Fsp3) is 0.450. The number of aryl methyl sites for hydroxylation is 1. The number of nitrogens with one attached hydrogen (secondary N) is 2. The van der Waals surface area contributed by atoms with E-state index in [0.717, 1.165) is 10.9 Å². The number of amides is 1. The average Bonchev–Trinajstić information content (AvgIpc) is 3.34. The molecule has 2 N–H and O–H groups in total. The van der Waals surface area contributed by atoms with Crippen molar-refractivity contribution in [1.29, 1.82) is 0 Å². The number of carbonyl (C=O) groups excluding carboxylic acids is 1. The predicted octanol–water partition coefficient (Wildman–Crippen LogP) is 0.658. The minimum absolute atomic E-state index is 0.0491. The summed E-state index contributed by atoms with van der Waals surface area (Å²) < 4.78 is 23.5. The van der Waals surface area contributed by atoms with Crippen molar-refractivity contribution in [2.75, 3.05) is 37.7 Å². The van der Waals surface area contributed by atoms with Crippen LogP contribution in [-0.2, 0) is 9.84 Å². The third-order valence-corrected chi connectivity index (χ3v) is 8.07. The molecule has 1 unspecified atom stereocenters. The normalized spacial score (nSPS) is 22.2. The minimum Gasteiger partial charge on any atom is -0.336 e. The fourth-order valence-electron chi connectivity index (χ4n) is 4.63. The number of H-pyrrole nitrogens is 2. The molecule has 0 radical (unpaired) electrons. The number of fused-ring (bicyclic) bond motifs is 3. The van der Waals surface area contributed by atoms with Crippen molar-refractivity contribution in [1.82, 2.24) is 25.0 Å². The second-order valence-electron chi connectivity index (χ2n) is 8.21. The van der Waals surface area contributed by atoms with Crippen LogP contribution in [0.2, 0.25) is 0 Å². The maximum absolute atomic E-state index is 13.3. The van der Waals surface area contributed by atoms with Gasteiger partial charge in [-0.25, -0.2) is 8.42 Å². The largest absolute Gasteiger partial charge is 0.336 e. The monoisotopic (exact) mass is 429 g/mol. The molecule has 0 saturated carbocycles. The molecule has 3 aromatic rings. The van der Waals surface area contributed by atoms with Gasteiger partial charge >= 0.3 is 0 Å². The molecule has 158 valence electrons. The van der Waals surface area contributed by atoms with Gasteiger partial charge < -0.3 is 9.88 Å². The molecule has 2 fully saturated rings. The lowest BCUT2D eigenvalue weighted by Gasteiger charge is -2.37. The number of benzene rings is 1. The molecule has 10 heteroatoms. The van der Waals surface area contributed by atoms with Crippen LogP contribution >= 0.6 is 0 Å². The van der Waals surface area contributed by atoms with E-state index in [4.69, 9.17) is 0 Å². The molecule has 0 spiro atoms. The van der Waals surface area contributed by atoms with E-state index in [9.17, 15) is 18.0 Å². The van der Waals surface area contributed by atoms with Gasteiger partial charge in [0.05, 0.1) is 34.1 Å². The van der Waals surface area contributed by atoms with Gasteiger partial charge in [-0.3, -0.25) is 19.6 Å². The van der Waals surface area contributed by atoms with Gasteiger partial charge in [0.1, 0.15) is 0 Å². The number of carbonyl (C=O) groups is 1. The Morgan fingerprint density at radius 3 is 2.63 bits per heavy atom. The molecular weight excluding hydrogens is 406 g/mol. The third kappa shape index (κ3) is 3.20. The lowest BCUT2D eigenvalue weighted by Crippen LogP contribution is -2.52. The molecule has 30 heavy (non-hydrogen) atoms. The molecule has 1 aromatic carbocycles. The second kappa shape index (κ2) is 6.92. The fourth-order valence-corrected chi connectivity index (χ4v) is 6.39. The van der Waals surface area contributed by atoms with E-state index >= 15 is 0 Å². The number of hydrogen-bond donors (Lipinski definition) is 2. The van der Waals surface area contributed by atoms with Crippen molar-refractivity contribution in [2.24, 2.45) is 0 Å². The molecule has 2 saturated heterocycles. The first kappa shape index (κ1) is 19.3. The maximum atomic E-state index is 13.3. The summed E-state index contributed by atoms with van der Waals surface area (Å²) in [6.45, 7) is 4.35. The van der Waals surface area contributed by atoms with Crippen molar-refractivity contribution in [3.63, 3.8) is 0 Å². The number of pyridine rings is 1. The lowest BCUT2D eigenvalue weighted by molar-refractivity contribution is 0.0587. The molecule has 0 bridgehead atoms. The second-order valence-corrected chi connectivity index (χ2v) is 10.4. The van der Waals surface area contributed by atoms with Gasteiger partial charge in [-0.15, -0.1) is 0 Å². The van der Waals surface area contributed by atoms with Crippen LogP contribution < -0.4 is 5.56 Å². The minimum atomic E-state index is -2.92. The highest BCUT2D eigenvalue weighted by Gasteiger charge is 2.34. The van der Waals surface area contributed by atoms with Crippen LogP contribution in [0.3, 0.4) is 0 Å². The summed E-state index contributed by atoms with van der Waals surface area (Å²) in [6, 6.07) is 3.71. The summed E-state index contributed by atoms with van der Waals surface area (Å²) in [5, 5.41) is 8.05. The topological polar surface area (TPSA) is 119 Å². The van der Waals surface area contributed by atoms with Crippen LogP contribution in [0.5, 0.6) is 0 Å². The molecule has 5 rings (SSSR count). The standard InChI is InChI=1S/C20H23N5O4S/c1-12-8-17-15(18-16(10-21-23-18)19(26)22-17)9-14(12)20(27)25-5-3-24(4-6-25)13-2-7-30(28,29)11-13/h8-10,13H,2-7,11H2,1H3,(H,21,23)(H,22,26). The molecule has 2 aliphatic rings. The average molecular weight is 430 g/mol. The highest BCUT2D eigenvalue weighted by molar-refractivity contribution is 7.91. The van der Waals surface area contributed by atoms with E-state index in [1.54, 1.807) is 0 Å². The Hall–Kier alpha value is -2.72. The number of nitrogens with zero attached hydrogens (tertiary/aromatic N) is 3. The van der Waals surface area contributed by atoms with E-state index in [1.807, 2.05) is 24.0 Å². The summed E-state index contributed by atoms with van der Waals surface area (Å²) >= 11 is 0. The van der Waals surface area contributed by atoms with Gasteiger partial charge in [-0.2, -0.15) is 5.10 Å². The SMILES string of the molecule is Cc1cc2[nH]c(=O)c3cn[nH]c3c2cc1C(=O)N1CCN(C2CCS(=O)(=O)C2)CC1. The first-order valence-corrected chi connectivity index (χ1v) is 11.9. The van der Waals surface area contributed by atoms with Gasteiger partial charge in [0.2, 0.25) is 0 Å². The van der Waals surface area contributed by atoms with Gasteiger partial charge in [-0.05, 0) is 31.0 Å². The Morgan fingerprint density at radius 1 is 1.17 bits per heavy atom. The number of hydrogen-bond acceptors (Lipinski definition) is 6. The van der Waals surface area contributed by atoms with Crippen LogP contribution in [0.15, 0.2) is 23.1 Å². The zero-order valence-electron chi connectivity index (χ0n) is 16.6. The predicted molar refractivity (Wildman–Crippen MR) is 113 cm³/mol. The quantitative estimate of drug-likeness (QED) is 0.618. The Morgan fingerprint density at radius 2 is 1.93 bits per heavy atom. The highest BCUT2D eigenvalue weighted by Crippen LogP contribution is 2.25. The van der Waals surface area contributed by atoms with E-state index < -0.39 is 9.84 Å². The summed E-state index contributed by atoms with van der Waals surface area (Å²) in [6.07, 6.45) is 2.16. The van der Waals surface area contributed by atoms with E-state index in [2.05, 4.69) is 20.1 Å². The molecule has 2 aliphatic heterocycles. The van der Waals surface area contributed by atoms with Crippen LogP contribution in [0, 0.1) is 6.92 Å². The first-order valence-electron chi connectivity index (χ1n) is 10.1. The Bertz CT molecular complexity index is 1320. The zero-order chi connectivity index (χ0) is 21.0. The number of piperazine rings is 1. The van der Waals surface area contributed by atoms with Crippen molar-refractivity contribution < 1.29 is 13.2 Å². The van der Waals surface area contributed by atoms with Crippen molar-refractivity contribution in [3.8, 4) is 0 Å². The van der Waals surface area contributed by atoms with E-state index in [0.29, 0.717) is 54.6 Å². The van der Waals surface area contributed by atoms with Crippen LogP contribution in [-0.4, -0.2) is 83.0 Å². The van der Waals surface area contributed by atoms with Crippen LogP contribution in [0.25, 0.3) is 21.8 Å². The Balaban J connectivity index is 1.39. The van der Waals surface area contributed by atoms with Gasteiger partial charge in [-0.1, -0.05) is 0 Å². The number of rotatable bonds is 2. The molecule has 9 nitrogen and oxygen atoms in total.